The zero-order valence-corrected chi connectivity index (χ0v) is 21.7. The fraction of sp³-hybridized carbons (Fsp3) is 0.276. The standard InChI is InChI=1S/C26H28FNOS.C3H8/c1-7-15-30-20(6)19(5)16-23(17(2)3)21-11-13-22(14-12-21)28-26(29)25-18(4)9-8-10-24(25)27;1-3-2/h7-16H,6H2,1-5H3,(H,28,29);3H2,1-2H3/b15-7-,19-16+;. The predicted octanol–water partition coefficient (Wildman–Crippen LogP) is 9.32. The molecule has 0 atom stereocenters. The summed E-state index contributed by atoms with van der Waals surface area (Å²) in [5.41, 5.74) is 5.72. The Bertz CT molecular complexity index is 1020. The van der Waals surface area contributed by atoms with Gasteiger partial charge in [-0.2, -0.15) is 0 Å². The van der Waals surface area contributed by atoms with Crippen LogP contribution < -0.4 is 5.32 Å². The lowest BCUT2D eigenvalue weighted by Gasteiger charge is -2.12. The summed E-state index contributed by atoms with van der Waals surface area (Å²) in [5, 5.41) is 4.79. The number of nitrogens with one attached hydrogen (secondary N) is 1. The van der Waals surface area contributed by atoms with Crippen LogP contribution in [0.1, 0.15) is 69.4 Å². The Kier molecular flexibility index (Phi) is 12.2. The molecule has 4 heteroatoms. The van der Waals surface area contributed by atoms with Gasteiger partial charge in [0.15, 0.2) is 0 Å². The summed E-state index contributed by atoms with van der Waals surface area (Å²) in [5.74, 6) is -0.971. The first-order valence-electron chi connectivity index (χ1n) is 11.2. The fourth-order valence-corrected chi connectivity index (χ4v) is 3.45. The molecular formula is C29H36FNOS. The van der Waals surface area contributed by atoms with Crippen molar-refractivity contribution in [3.05, 3.63) is 105 Å². The number of halogens is 1. The fourth-order valence-electron chi connectivity index (χ4n) is 2.90. The normalized spacial score (nSPS) is 11.0. The lowest BCUT2D eigenvalue weighted by molar-refractivity contribution is 0.102. The second kappa shape index (κ2) is 14.3. The number of benzene rings is 2. The Morgan fingerprint density at radius 3 is 2.21 bits per heavy atom. The molecule has 2 rings (SSSR count). The molecule has 2 aromatic rings. The van der Waals surface area contributed by atoms with Crippen molar-refractivity contribution in [2.24, 2.45) is 0 Å². The number of amides is 1. The Morgan fingerprint density at radius 1 is 1.09 bits per heavy atom. The number of hydrogen-bond donors (Lipinski definition) is 1. The highest BCUT2D eigenvalue weighted by molar-refractivity contribution is 8.06. The maximum Gasteiger partial charge on any atom is 0.258 e. The minimum Gasteiger partial charge on any atom is -0.322 e. The number of rotatable bonds is 7. The highest BCUT2D eigenvalue weighted by Gasteiger charge is 2.14. The minimum absolute atomic E-state index is 0.0715. The summed E-state index contributed by atoms with van der Waals surface area (Å²) in [6.45, 7) is 18.3. The number of carbonyl (C=O) groups excluding carboxylic acids is 1. The molecule has 0 spiro atoms. The molecule has 0 aliphatic heterocycles. The van der Waals surface area contributed by atoms with Crippen LogP contribution in [0.5, 0.6) is 0 Å². The predicted molar refractivity (Wildman–Crippen MR) is 145 cm³/mol. The zero-order valence-electron chi connectivity index (χ0n) is 20.9. The summed E-state index contributed by atoms with van der Waals surface area (Å²) in [6, 6.07) is 12.2. The highest BCUT2D eigenvalue weighted by Crippen LogP contribution is 2.29. The first-order chi connectivity index (χ1) is 15.7. The Hall–Kier alpha value is -2.85. The third-order valence-corrected chi connectivity index (χ3v) is 5.60. The van der Waals surface area contributed by atoms with E-state index in [1.54, 1.807) is 30.8 Å². The van der Waals surface area contributed by atoms with E-state index in [0.717, 1.165) is 21.6 Å². The van der Waals surface area contributed by atoms with Gasteiger partial charge in [0.2, 0.25) is 0 Å². The molecule has 0 radical (unpaired) electrons. The second-order valence-electron chi connectivity index (χ2n) is 7.92. The zero-order chi connectivity index (χ0) is 25.0. The van der Waals surface area contributed by atoms with Gasteiger partial charge in [-0.1, -0.05) is 80.6 Å². The summed E-state index contributed by atoms with van der Waals surface area (Å²) in [7, 11) is 0. The van der Waals surface area contributed by atoms with Crippen LogP contribution in [0.2, 0.25) is 0 Å². The monoisotopic (exact) mass is 465 g/mol. The van der Waals surface area contributed by atoms with Crippen LogP contribution in [-0.4, -0.2) is 5.91 Å². The molecule has 0 fully saturated rings. The first kappa shape index (κ1) is 28.2. The SMILES string of the molecule is C=C(S/C=C\C)/C(C)=C/C(=C(C)C)c1ccc(NC(=O)c2c(C)cccc2F)cc1.CCC. The molecule has 176 valence electrons. The molecule has 33 heavy (non-hydrogen) atoms. The van der Waals surface area contributed by atoms with Gasteiger partial charge in [-0.25, -0.2) is 4.39 Å². The van der Waals surface area contributed by atoms with Gasteiger partial charge in [-0.05, 0) is 80.5 Å². The van der Waals surface area contributed by atoms with Gasteiger partial charge < -0.3 is 5.32 Å². The quantitative estimate of drug-likeness (QED) is 0.413. The average Bonchev–Trinajstić information content (AvgIpc) is 2.76. The van der Waals surface area contributed by atoms with Gasteiger partial charge in [-0.15, -0.1) is 0 Å². The van der Waals surface area contributed by atoms with E-state index in [0.29, 0.717) is 11.3 Å². The van der Waals surface area contributed by atoms with Crippen LogP contribution in [0.15, 0.2) is 82.7 Å². The molecule has 0 aliphatic rings. The molecule has 0 aromatic heterocycles. The van der Waals surface area contributed by atoms with Gasteiger partial charge >= 0.3 is 0 Å². The van der Waals surface area contributed by atoms with E-state index in [9.17, 15) is 9.18 Å². The van der Waals surface area contributed by atoms with Crippen molar-refractivity contribution in [2.75, 3.05) is 5.32 Å². The van der Waals surface area contributed by atoms with E-state index in [2.05, 4.69) is 45.7 Å². The van der Waals surface area contributed by atoms with Gasteiger partial charge in [0.25, 0.3) is 5.91 Å². The smallest absolute Gasteiger partial charge is 0.258 e. The van der Waals surface area contributed by atoms with Crippen molar-refractivity contribution in [1.82, 2.24) is 0 Å². The van der Waals surface area contributed by atoms with Gasteiger partial charge in [-0.3, -0.25) is 4.79 Å². The third-order valence-electron chi connectivity index (χ3n) is 4.59. The van der Waals surface area contributed by atoms with Crippen molar-refractivity contribution < 1.29 is 9.18 Å². The molecule has 0 unspecified atom stereocenters. The topological polar surface area (TPSA) is 29.1 Å². The van der Waals surface area contributed by atoms with Crippen molar-refractivity contribution in [1.29, 1.82) is 0 Å². The van der Waals surface area contributed by atoms with E-state index in [1.165, 1.54) is 18.1 Å². The molecule has 0 bridgehead atoms. The van der Waals surface area contributed by atoms with Crippen LogP contribution in [0, 0.1) is 12.7 Å². The molecule has 2 nitrogen and oxygen atoms in total. The van der Waals surface area contributed by atoms with E-state index in [1.807, 2.05) is 49.6 Å². The van der Waals surface area contributed by atoms with E-state index >= 15 is 0 Å². The number of carbonyl (C=O) groups is 1. The number of thioether (sulfide) groups is 1. The molecular weight excluding hydrogens is 429 g/mol. The number of hydrogen-bond acceptors (Lipinski definition) is 2. The summed E-state index contributed by atoms with van der Waals surface area (Å²) >= 11 is 1.60. The van der Waals surface area contributed by atoms with Gasteiger partial charge in [0, 0.05) is 10.6 Å². The maximum atomic E-state index is 14.0. The van der Waals surface area contributed by atoms with Crippen LogP contribution in [0.25, 0.3) is 5.57 Å². The summed E-state index contributed by atoms with van der Waals surface area (Å²) in [4.78, 5) is 13.5. The Balaban J connectivity index is 0.00000172. The van der Waals surface area contributed by atoms with Crippen molar-refractivity contribution in [3.8, 4) is 0 Å². The van der Waals surface area contributed by atoms with Crippen molar-refractivity contribution in [3.63, 3.8) is 0 Å². The lowest BCUT2D eigenvalue weighted by Crippen LogP contribution is -2.15. The molecule has 0 aliphatic carbocycles. The Labute approximate surface area is 203 Å². The first-order valence-corrected chi connectivity index (χ1v) is 12.0. The van der Waals surface area contributed by atoms with Gasteiger partial charge in [0.1, 0.15) is 5.82 Å². The maximum absolute atomic E-state index is 14.0. The van der Waals surface area contributed by atoms with Crippen LogP contribution in [0.4, 0.5) is 10.1 Å². The third kappa shape index (κ3) is 8.89. The van der Waals surface area contributed by atoms with E-state index in [-0.39, 0.29) is 5.56 Å². The molecule has 0 saturated carbocycles. The molecule has 1 N–H and O–H groups in total. The Morgan fingerprint density at radius 2 is 1.70 bits per heavy atom. The van der Waals surface area contributed by atoms with E-state index < -0.39 is 11.7 Å². The van der Waals surface area contributed by atoms with Crippen LogP contribution in [0.3, 0.4) is 0 Å². The van der Waals surface area contributed by atoms with E-state index in [4.69, 9.17) is 0 Å². The molecule has 2 aromatic carbocycles. The van der Waals surface area contributed by atoms with Crippen molar-refractivity contribution in [2.45, 2.75) is 54.9 Å². The minimum atomic E-state index is -0.521. The van der Waals surface area contributed by atoms with Gasteiger partial charge in [0.05, 0.1) is 5.56 Å². The highest BCUT2D eigenvalue weighted by atomic mass is 32.2. The second-order valence-corrected chi connectivity index (χ2v) is 8.92. The van der Waals surface area contributed by atoms with Crippen LogP contribution >= 0.6 is 11.8 Å². The average molecular weight is 466 g/mol. The van der Waals surface area contributed by atoms with Crippen LogP contribution in [-0.2, 0) is 0 Å². The molecule has 1 amide bonds. The largest absolute Gasteiger partial charge is 0.322 e. The molecule has 0 saturated heterocycles. The molecule has 0 heterocycles. The van der Waals surface area contributed by atoms with Crippen molar-refractivity contribution >= 4 is 28.9 Å². The number of allylic oxidation sites excluding steroid dienone is 5. The number of anilines is 1. The summed E-state index contributed by atoms with van der Waals surface area (Å²) < 4.78 is 14.0. The summed E-state index contributed by atoms with van der Waals surface area (Å²) in [6.07, 6.45) is 5.37. The lowest BCUT2D eigenvalue weighted by atomic mass is 9.98. The number of aryl methyl sites for hydroxylation is 1.